The van der Waals surface area contributed by atoms with E-state index < -0.39 is 0 Å². The first-order valence-corrected chi connectivity index (χ1v) is 4.16. The number of hydrogen-bond donors (Lipinski definition) is 0. The van der Waals surface area contributed by atoms with Crippen molar-refractivity contribution in [3.63, 3.8) is 0 Å². The van der Waals surface area contributed by atoms with Crippen molar-refractivity contribution < 1.29 is 0 Å². The summed E-state index contributed by atoms with van der Waals surface area (Å²) in [6.45, 7) is 8.19. The van der Waals surface area contributed by atoms with E-state index >= 15 is 0 Å². The second-order valence-corrected chi connectivity index (χ2v) is 3.94. The lowest BCUT2D eigenvalue weighted by Gasteiger charge is -2.16. The Bertz CT molecular complexity index is 93.1. The zero-order valence-electron chi connectivity index (χ0n) is 6.46. The molecule has 0 spiro atoms. The molecule has 1 heterocycles. The van der Waals surface area contributed by atoms with Crippen molar-refractivity contribution in [2.45, 2.75) is 26.8 Å². The van der Waals surface area contributed by atoms with Crippen molar-refractivity contribution in [2.75, 3.05) is 6.54 Å². The highest BCUT2D eigenvalue weighted by atomic mass is 31.0. The molecule has 4 atom stereocenters. The Morgan fingerprint density at radius 3 is 2.00 bits per heavy atom. The van der Waals surface area contributed by atoms with Crippen LogP contribution in [0.2, 0.25) is 0 Å². The summed E-state index contributed by atoms with van der Waals surface area (Å²) >= 11 is 0. The highest BCUT2D eigenvalue weighted by Crippen LogP contribution is 2.30. The summed E-state index contributed by atoms with van der Waals surface area (Å²) in [6.07, 6.45) is 0. The molecule has 0 aromatic rings. The van der Waals surface area contributed by atoms with Gasteiger partial charge >= 0.3 is 0 Å². The van der Waals surface area contributed by atoms with Gasteiger partial charge in [-0.15, -0.1) is 0 Å². The van der Waals surface area contributed by atoms with Gasteiger partial charge in [0, 0.05) is 12.6 Å². The topological polar surface area (TPSA) is 3.24 Å². The zero-order chi connectivity index (χ0) is 7.02. The molecule has 0 radical (unpaired) electrons. The van der Waals surface area contributed by atoms with Crippen molar-refractivity contribution >= 4 is 9.39 Å². The third-order valence-corrected chi connectivity index (χ3v) is 3.36. The molecule has 1 aliphatic heterocycles. The minimum atomic E-state index is 0.755. The van der Waals surface area contributed by atoms with Crippen molar-refractivity contribution in [1.29, 1.82) is 0 Å². The molecule has 0 amide bonds. The molecule has 54 valence electrons. The van der Waals surface area contributed by atoms with Gasteiger partial charge in [0.25, 0.3) is 0 Å². The Labute approximate surface area is 60.1 Å². The lowest BCUT2D eigenvalue weighted by atomic mass is 9.95. The van der Waals surface area contributed by atoms with Gasteiger partial charge in [0.2, 0.25) is 0 Å². The van der Waals surface area contributed by atoms with E-state index in [0.717, 1.165) is 17.9 Å². The molecule has 1 nitrogen and oxygen atoms in total. The van der Waals surface area contributed by atoms with E-state index in [4.69, 9.17) is 0 Å². The summed E-state index contributed by atoms with van der Waals surface area (Å²) in [5.74, 6) is 1.74. The molecule has 0 aliphatic carbocycles. The smallest absolute Gasteiger partial charge is 0.0130 e. The minimum absolute atomic E-state index is 0.755. The highest BCUT2D eigenvalue weighted by molar-refractivity contribution is 7.13. The molecule has 0 bridgehead atoms. The lowest BCUT2D eigenvalue weighted by Crippen LogP contribution is -2.18. The fourth-order valence-corrected chi connectivity index (χ4v) is 2.05. The molecule has 1 aliphatic rings. The first-order valence-electron chi connectivity index (χ1n) is 3.64. The van der Waals surface area contributed by atoms with Gasteiger partial charge in [-0.05, 0) is 18.8 Å². The molecule has 0 aromatic heterocycles. The first-order chi connectivity index (χ1) is 4.13. The summed E-state index contributed by atoms with van der Waals surface area (Å²) in [5, 5.41) is 0. The summed E-state index contributed by atoms with van der Waals surface area (Å²) in [7, 11) is 2.79. The number of rotatable bonds is 0. The van der Waals surface area contributed by atoms with Gasteiger partial charge in [0.05, 0.1) is 0 Å². The van der Waals surface area contributed by atoms with Crippen LogP contribution in [-0.2, 0) is 0 Å². The number of nitrogens with zero attached hydrogens (tertiary/aromatic N) is 1. The van der Waals surface area contributed by atoms with E-state index in [2.05, 4.69) is 34.8 Å². The average Bonchev–Trinajstić information content (AvgIpc) is 1.98. The first kappa shape index (κ1) is 7.50. The Balaban J connectivity index is 2.54. The van der Waals surface area contributed by atoms with Crippen LogP contribution in [0.25, 0.3) is 0 Å². The van der Waals surface area contributed by atoms with Crippen LogP contribution < -0.4 is 0 Å². The van der Waals surface area contributed by atoms with E-state index in [1.807, 2.05) is 0 Å². The summed E-state index contributed by atoms with van der Waals surface area (Å²) in [6, 6.07) is 0.755. The minimum Gasteiger partial charge on any atom is -0.284 e. The van der Waals surface area contributed by atoms with Gasteiger partial charge in [0.15, 0.2) is 0 Å². The lowest BCUT2D eigenvalue weighted by molar-refractivity contribution is 0.394. The SMILES string of the molecule is C[C@@H]1[C@H](C)CN(P)[C@@H]1C. The van der Waals surface area contributed by atoms with Gasteiger partial charge in [-0.3, -0.25) is 4.67 Å². The zero-order valence-corrected chi connectivity index (χ0v) is 7.62. The third kappa shape index (κ3) is 1.28. The van der Waals surface area contributed by atoms with Crippen molar-refractivity contribution in [3.8, 4) is 0 Å². The van der Waals surface area contributed by atoms with Gasteiger partial charge in [-0.1, -0.05) is 23.2 Å². The van der Waals surface area contributed by atoms with E-state index in [1.165, 1.54) is 6.54 Å². The second-order valence-electron chi connectivity index (χ2n) is 3.27. The fraction of sp³-hybridized carbons (Fsp3) is 1.00. The van der Waals surface area contributed by atoms with Gasteiger partial charge in [0.1, 0.15) is 0 Å². The molecule has 0 saturated carbocycles. The monoisotopic (exact) mass is 145 g/mol. The molecule has 0 N–H and O–H groups in total. The Morgan fingerprint density at radius 2 is 1.89 bits per heavy atom. The van der Waals surface area contributed by atoms with Crippen LogP contribution in [0.5, 0.6) is 0 Å². The molecule has 1 saturated heterocycles. The summed E-state index contributed by atoms with van der Waals surface area (Å²) in [5.41, 5.74) is 0. The van der Waals surface area contributed by atoms with Gasteiger partial charge in [-0.2, -0.15) is 0 Å². The van der Waals surface area contributed by atoms with Crippen molar-refractivity contribution in [3.05, 3.63) is 0 Å². The average molecular weight is 145 g/mol. The van der Waals surface area contributed by atoms with E-state index in [0.29, 0.717) is 0 Å². The maximum atomic E-state index is 2.79. The molecule has 2 heteroatoms. The van der Waals surface area contributed by atoms with E-state index in [1.54, 1.807) is 0 Å². The van der Waals surface area contributed by atoms with Crippen molar-refractivity contribution in [1.82, 2.24) is 4.67 Å². The van der Waals surface area contributed by atoms with Crippen LogP contribution in [-0.4, -0.2) is 17.3 Å². The van der Waals surface area contributed by atoms with Crippen LogP contribution in [0.1, 0.15) is 20.8 Å². The highest BCUT2D eigenvalue weighted by Gasteiger charge is 2.30. The second kappa shape index (κ2) is 2.56. The normalized spacial score (nSPS) is 46.0. The predicted octanol–water partition coefficient (Wildman–Crippen LogP) is 1.75. The van der Waals surface area contributed by atoms with E-state index in [-0.39, 0.29) is 0 Å². The molecule has 1 fully saturated rings. The van der Waals surface area contributed by atoms with Crippen LogP contribution in [0.3, 0.4) is 0 Å². The van der Waals surface area contributed by atoms with Crippen LogP contribution >= 0.6 is 9.39 Å². The summed E-state index contributed by atoms with van der Waals surface area (Å²) in [4.78, 5) is 0. The van der Waals surface area contributed by atoms with E-state index in [9.17, 15) is 0 Å². The quantitative estimate of drug-likeness (QED) is 0.469. The maximum absolute atomic E-state index is 2.79. The Hall–Kier alpha value is 0.390. The van der Waals surface area contributed by atoms with Gasteiger partial charge in [-0.25, -0.2) is 0 Å². The molecular weight excluding hydrogens is 129 g/mol. The third-order valence-electron chi connectivity index (χ3n) is 2.68. The molecular formula is C7H16NP. The molecule has 1 unspecified atom stereocenters. The molecule has 9 heavy (non-hydrogen) atoms. The largest absolute Gasteiger partial charge is 0.284 e. The summed E-state index contributed by atoms with van der Waals surface area (Å²) < 4.78 is 2.36. The fourth-order valence-electron chi connectivity index (χ4n) is 1.44. The Kier molecular flexibility index (Phi) is 2.13. The van der Waals surface area contributed by atoms with Crippen LogP contribution in [0.15, 0.2) is 0 Å². The van der Waals surface area contributed by atoms with Crippen LogP contribution in [0, 0.1) is 11.8 Å². The number of hydrogen-bond acceptors (Lipinski definition) is 1. The Morgan fingerprint density at radius 1 is 1.33 bits per heavy atom. The predicted molar refractivity (Wildman–Crippen MR) is 44.2 cm³/mol. The van der Waals surface area contributed by atoms with Gasteiger partial charge < -0.3 is 0 Å². The van der Waals surface area contributed by atoms with Crippen LogP contribution in [0.4, 0.5) is 0 Å². The molecule has 1 rings (SSSR count). The van der Waals surface area contributed by atoms with Crippen molar-refractivity contribution in [2.24, 2.45) is 11.8 Å². The molecule has 0 aromatic carbocycles. The standard InChI is InChI=1S/C7H16NP/c1-5-4-8(9)7(3)6(5)2/h5-7H,4,9H2,1-3H3/t5-,6-,7-/m1/s1. The maximum Gasteiger partial charge on any atom is 0.0130 e.